The number of aryl methyl sites for hydroxylation is 1. The summed E-state index contributed by atoms with van der Waals surface area (Å²) in [5.41, 5.74) is 0.851. The maximum Gasteiger partial charge on any atom is 0.349 e. The third-order valence-electron chi connectivity index (χ3n) is 1.46. The van der Waals surface area contributed by atoms with Crippen LogP contribution in [0.4, 0.5) is 0 Å². The molecule has 4 heteroatoms. The van der Waals surface area contributed by atoms with Crippen molar-refractivity contribution in [1.82, 2.24) is 0 Å². The summed E-state index contributed by atoms with van der Waals surface area (Å²) >= 11 is 1.18. The zero-order valence-electron chi connectivity index (χ0n) is 7.24. The van der Waals surface area contributed by atoms with Crippen LogP contribution in [0.5, 0.6) is 5.75 Å². The molecule has 0 radical (unpaired) electrons. The number of thiophene rings is 1. The number of ether oxygens (including phenoxy) is 1. The van der Waals surface area contributed by atoms with E-state index in [1.807, 2.05) is 6.92 Å². The van der Waals surface area contributed by atoms with Gasteiger partial charge in [-0.2, -0.15) is 0 Å². The standard InChI is InChI=1S/C9H10O3S/c1-3-4-12-7-6(2)5-13-8(7)9(10)11/h3,5H,1,4H2,2H3,(H,10,11). The Kier molecular flexibility index (Phi) is 3.08. The van der Waals surface area contributed by atoms with E-state index in [2.05, 4.69) is 6.58 Å². The topological polar surface area (TPSA) is 46.5 Å². The van der Waals surface area contributed by atoms with E-state index in [0.29, 0.717) is 12.4 Å². The van der Waals surface area contributed by atoms with E-state index in [-0.39, 0.29) is 4.88 Å². The third kappa shape index (κ3) is 2.09. The fourth-order valence-electron chi connectivity index (χ4n) is 0.903. The van der Waals surface area contributed by atoms with Crippen molar-refractivity contribution in [3.63, 3.8) is 0 Å². The summed E-state index contributed by atoms with van der Waals surface area (Å²) < 4.78 is 5.23. The number of rotatable bonds is 4. The monoisotopic (exact) mass is 198 g/mol. The highest BCUT2D eigenvalue weighted by atomic mass is 32.1. The van der Waals surface area contributed by atoms with Gasteiger partial charge in [0.05, 0.1) is 0 Å². The van der Waals surface area contributed by atoms with Crippen molar-refractivity contribution in [2.45, 2.75) is 6.92 Å². The Labute approximate surface area is 80.3 Å². The van der Waals surface area contributed by atoms with Crippen LogP contribution >= 0.6 is 11.3 Å². The predicted octanol–water partition coefficient (Wildman–Crippen LogP) is 2.32. The zero-order valence-corrected chi connectivity index (χ0v) is 8.06. The highest BCUT2D eigenvalue weighted by molar-refractivity contribution is 7.12. The van der Waals surface area contributed by atoms with Gasteiger partial charge in [0, 0.05) is 5.56 Å². The molecule has 0 saturated heterocycles. The van der Waals surface area contributed by atoms with E-state index in [1.54, 1.807) is 11.5 Å². The molecule has 0 saturated carbocycles. The van der Waals surface area contributed by atoms with Crippen LogP contribution < -0.4 is 4.74 Å². The minimum atomic E-state index is -0.947. The Balaban J connectivity index is 2.94. The Morgan fingerprint density at radius 3 is 3.08 bits per heavy atom. The molecule has 0 aliphatic heterocycles. The molecule has 1 aromatic rings. The number of hydrogen-bond acceptors (Lipinski definition) is 3. The molecular weight excluding hydrogens is 188 g/mol. The molecule has 0 aliphatic carbocycles. The van der Waals surface area contributed by atoms with Gasteiger partial charge < -0.3 is 9.84 Å². The van der Waals surface area contributed by atoms with Gasteiger partial charge in [0.2, 0.25) is 0 Å². The van der Waals surface area contributed by atoms with Crippen LogP contribution in [0.1, 0.15) is 15.2 Å². The molecule has 70 valence electrons. The van der Waals surface area contributed by atoms with Crippen LogP contribution in [0.2, 0.25) is 0 Å². The van der Waals surface area contributed by atoms with E-state index >= 15 is 0 Å². The second-order valence-corrected chi connectivity index (χ2v) is 3.36. The number of carboxylic acid groups (broad SMARTS) is 1. The average Bonchev–Trinajstić information content (AvgIpc) is 2.43. The molecule has 1 N–H and O–H groups in total. The summed E-state index contributed by atoms with van der Waals surface area (Å²) in [6.07, 6.45) is 1.59. The van der Waals surface area contributed by atoms with Crippen molar-refractivity contribution < 1.29 is 14.6 Å². The van der Waals surface area contributed by atoms with E-state index < -0.39 is 5.97 Å². The summed E-state index contributed by atoms with van der Waals surface area (Å²) in [5, 5.41) is 10.5. The van der Waals surface area contributed by atoms with Crippen LogP contribution in [0, 0.1) is 6.92 Å². The molecule has 0 unspecified atom stereocenters. The maximum atomic E-state index is 10.7. The molecule has 13 heavy (non-hydrogen) atoms. The number of carbonyl (C=O) groups is 1. The van der Waals surface area contributed by atoms with Crippen molar-refractivity contribution in [1.29, 1.82) is 0 Å². The molecule has 0 fully saturated rings. The Bertz CT molecular complexity index is 328. The zero-order chi connectivity index (χ0) is 9.84. The van der Waals surface area contributed by atoms with Crippen molar-refractivity contribution >= 4 is 17.3 Å². The molecular formula is C9H10O3S. The summed E-state index contributed by atoms with van der Waals surface area (Å²) in [4.78, 5) is 11.0. The van der Waals surface area contributed by atoms with E-state index in [0.717, 1.165) is 5.56 Å². The summed E-state index contributed by atoms with van der Waals surface area (Å²) in [7, 11) is 0. The van der Waals surface area contributed by atoms with Gasteiger partial charge in [-0.05, 0) is 12.3 Å². The molecule has 1 aromatic heterocycles. The first-order valence-corrected chi connectivity index (χ1v) is 4.60. The first-order chi connectivity index (χ1) is 6.16. The van der Waals surface area contributed by atoms with Gasteiger partial charge in [0.1, 0.15) is 12.4 Å². The molecule has 0 bridgehead atoms. The Hall–Kier alpha value is -1.29. The summed E-state index contributed by atoms with van der Waals surface area (Å²) in [6, 6.07) is 0. The van der Waals surface area contributed by atoms with Gasteiger partial charge in [0.15, 0.2) is 4.88 Å². The quantitative estimate of drug-likeness (QED) is 0.755. The van der Waals surface area contributed by atoms with Crippen LogP contribution in [-0.2, 0) is 0 Å². The molecule has 0 aliphatic rings. The lowest BCUT2D eigenvalue weighted by Gasteiger charge is -2.02. The molecule has 3 nitrogen and oxygen atoms in total. The molecule has 0 aromatic carbocycles. The van der Waals surface area contributed by atoms with Gasteiger partial charge in [-0.15, -0.1) is 11.3 Å². The highest BCUT2D eigenvalue weighted by Gasteiger charge is 2.15. The Morgan fingerprint density at radius 1 is 1.85 bits per heavy atom. The smallest absolute Gasteiger partial charge is 0.349 e. The lowest BCUT2D eigenvalue weighted by molar-refractivity contribution is 0.0698. The van der Waals surface area contributed by atoms with E-state index in [4.69, 9.17) is 9.84 Å². The van der Waals surface area contributed by atoms with Gasteiger partial charge in [-0.25, -0.2) is 4.79 Å². The maximum absolute atomic E-state index is 10.7. The van der Waals surface area contributed by atoms with Crippen LogP contribution in [0.25, 0.3) is 0 Å². The lowest BCUT2D eigenvalue weighted by atomic mass is 10.3. The predicted molar refractivity (Wildman–Crippen MR) is 51.7 cm³/mol. The normalized spacial score (nSPS) is 9.62. The van der Waals surface area contributed by atoms with Gasteiger partial charge in [0.25, 0.3) is 0 Å². The Morgan fingerprint density at radius 2 is 2.54 bits per heavy atom. The largest absolute Gasteiger partial charge is 0.487 e. The fourth-order valence-corrected chi connectivity index (χ4v) is 1.73. The van der Waals surface area contributed by atoms with E-state index in [1.165, 1.54) is 11.3 Å². The minimum Gasteiger partial charge on any atom is -0.487 e. The molecule has 1 heterocycles. The lowest BCUT2D eigenvalue weighted by Crippen LogP contribution is -2.00. The molecule has 0 amide bonds. The molecule has 0 atom stereocenters. The minimum absolute atomic E-state index is 0.249. The SMILES string of the molecule is C=CCOc1c(C)csc1C(=O)O. The van der Waals surface area contributed by atoms with Gasteiger partial charge in [-0.3, -0.25) is 0 Å². The van der Waals surface area contributed by atoms with Crippen LogP contribution in [0.3, 0.4) is 0 Å². The second-order valence-electron chi connectivity index (χ2n) is 2.48. The van der Waals surface area contributed by atoms with E-state index in [9.17, 15) is 4.79 Å². The van der Waals surface area contributed by atoms with Crippen molar-refractivity contribution in [2.24, 2.45) is 0 Å². The van der Waals surface area contributed by atoms with Crippen molar-refractivity contribution in [3.8, 4) is 5.75 Å². The first kappa shape index (κ1) is 9.80. The van der Waals surface area contributed by atoms with Crippen LogP contribution in [0.15, 0.2) is 18.0 Å². The third-order valence-corrected chi connectivity index (χ3v) is 2.52. The van der Waals surface area contributed by atoms with Crippen LogP contribution in [-0.4, -0.2) is 17.7 Å². The highest BCUT2D eigenvalue weighted by Crippen LogP contribution is 2.29. The number of carboxylic acids is 1. The summed E-state index contributed by atoms with van der Waals surface area (Å²) in [6.45, 7) is 5.65. The van der Waals surface area contributed by atoms with Gasteiger partial charge in [-0.1, -0.05) is 12.7 Å². The molecule has 1 rings (SSSR count). The second kappa shape index (κ2) is 4.09. The molecule has 0 spiro atoms. The fraction of sp³-hybridized carbons (Fsp3) is 0.222. The average molecular weight is 198 g/mol. The number of aromatic carboxylic acids is 1. The summed E-state index contributed by atoms with van der Waals surface area (Å²) in [5.74, 6) is -0.491. The van der Waals surface area contributed by atoms with Gasteiger partial charge >= 0.3 is 5.97 Å². The first-order valence-electron chi connectivity index (χ1n) is 3.72. The number of hydrogen-bond donors (Lipinski definition) is 1. The van der Waals surface area contributed by atoms with Crippen molar-refractivity contribution in [3.05, 3.63) is 28.5 Å². The van der Waals surface area contributed by atoms with Crippen molar-refractivity contribution in [2.75, 3.05) is 6.61 Å².